The fourth-order valence-electron chi connectivity index (χ4n) is 2.09. The zero-order chi connectivity index (χ0) is 15.1. The van der Waals surface area contributed by atoms with Crippen LogP contribution in [0.2, 0.25) is 0 Å². The van der Waals surface area contributed by atoms with E-state index in [1.807, 2.05) is 47.4 Å². The lowest BCUT2D eigenvalue weighted by Gasteiger charge is -2.22. The first kappa shape index (κ1) is 19.2. The minimum absolute atomic E-state index is 0. The van der Waals surface area contributed by atoms with Gasteiger partial charge in [-0.1, -0.05) is 30.3 Å². The number of benzene rings is 1. The van der Waals surface area contributed by atoms with Crippen LogP contribution in [0, 0.1) is 0 Å². The SMILES string of the molecule is Cl.NCCCN(Cc1ccccc1)C(=O)Cc1ccc(Br)s1. The molecule has 0 radical (unpaired) electrons. The van der Waals surface area contributed by atoms with Crippen LogP contribution in [0.5, 0.6) is 0 Å². The molecule has 0 aliphatic heterocycles. The molecule has 1 aromatic heterocycles. The van der Waals surface area contributed by atoms with E-state index in [2.05, 4.69) is 15.9 Å². The number of amides is 1. The summed E-state index contributed by atoms with van der Waals surface area (Å²) < 4.78 is 1.06. The largest absolute Gasteiger partial charge is 0.338 e. The molecule has 1 heterocycles. The van der Waals surface area contributed by atoms with E-state index in [4.69, 9.17) is 5.73 Å². The fraction of sp³-hybridized carbons (Fsp3) is 0.312. The summed E-state index contributed by atoms with van der Waals surface area (Å²) in [7, 11) is 0. The first-order valence-electron chi connectivity index (χ1n) is 6.95. The highest BCUT2D eigenvalue weighted by Crippen LogP contribution is 2.23. The number of halogens is 2. The van der Waals surface area contributed by atoms with Gasteiger partial charge in [-0.3, -0.25) is 4.79 Å². The summed E-state index contributed by atoms with van der Waals surface area (Å²) in [5, 5.41) is 0. The lowest BCUT2D eigenvalue weighted by molar-refractivity contribution is -0.131. The van der Waals surface area contributed by atoms with Gasteiger partial charge in [0.25, 0.3) is 0 Å². The van der Waals surface area contributed by atoms with Gasteiger partial charge in [-0.2, -0.15) is 0 Å². The van der Waals surface area contributed by atoms with Crippen LogP contribution in [0.1, 0.15) is 16.9 Å². The van der Waals surface area contributed by atoms with Gasteiger partial charge in [0.2, 0.25) is 5.91 Å². The Kier molecular flexibility index (Phi) is 8.71. The maximum absolute atomic E-state index is 12.5. The maximum Gasteiger partial charge on any atom is 0.228 e. The van der Waals surface area contributed by atoms with Gasteiger partial charge in [0.1, 0.15) is 0 Å². The zero-order valence-corrected chi connectivity index (χ0v) is 15.4. The van der Waals surface area contributed by atoms with E-state index >= 15 is 0 Å². The molecule has 0 aliphatic carbocycles. The molecule has 0 bridgehead atoms. The predicted octanol–water partition coefficient (Wildman–Crippen LogP) is 3.85. The van der Waals surface area contributed by atoms with E-state index in [0.717, 1.165) is 20.6 Å². The van der Waals surface area contributed by atoms with Crippen molar-refractivity contribution in [3.63, 3.8) is 0 Å². The summed E-state index contributed by atoms with van der Waals surface area (Å²) in [5.41, 5.74) is 6.73. The van der Waals surface area contributed by atoms with Gasteiger partial charge in [0.15, 0.2) is 0 Å². The zero-order valence-electron chi connectivity index (χ0n) is 12.2. The Balaban J connectivity index is 0.00000242. The standard InChI is InChI=1S/C16H19BrN2OS.ClH/c17-15-8-7-14(21-15)11-16(20)19(10-4-9-18)12-13-5-2-1-3-6-13;/h1-3,5-8H,4,9-12,18H2;1H. The van der Waals surface area contributed by atoms with Crippen molar-refractivity contribution in [3.8, 4) is 0 Å². The molecule has 0 aliphatic rings. The Bertz CT molecular complexity index is 577. The van der Waals surface area contributed by atoms with Gasteiger partial charge < -0.3 is 10.6 Å². The monoisotopic (exact) mass is 402 g/mol. The first-order valence-corrected chi connectivity index (χ1v) is 8.56. The van der Waals surface area contributed by atoms with Crippen LogP contribution < -0.4 is 5.73 Å². The molecule has 6 heteroatoms. The van der Waals surface area contributed by atoms with Crippen molar-refractivity contribution < 1.29 is 4.79 Å². The van der Waals surface area contributed by atoms with Crippen LogP contribution >= 0.6 is 39.7 Å². The van der Waals surface area contributed by atoms with Crippen molar-refractivity contribution in [2.45, 2.75) is 19.4 Å². The van der Waals surface area contributed by atoms with Crippen LogP contribution in [0.3, 0.4) is 0 Å². The third-order valence-electron chi connectivity index (χ3n) is 3.16. The average Bonchev–Trinajstić information content (AvgIpc) is 2.89. The van der Waals surface area contributed by atoms with Crippen LogP contribution in [0.4, 0.5) is 0 Å². The highest BCUT2D eigenvalue weighted by Gasteiger charge is 2.15. The third-order valence-corrected chi connectivity index (χ3v) is 4.78. The summed E-state index contributed by atoms with van der Waals surface area (Å²) in [6.07, 6.45) is 1.28. The van der Waals surface area contributed by atoms with E-state index < -0.39 is 0 Å². The smallest absolute Gasteiger partial charge is 0.228 e. The number of carbonyl (C=O) groups is 1. The lowest BCUT2D eigenvalue weighted by Crippen LogP contribution is -2.33. The Morgan fingerprint density at radius 1 is 1.18 bits per heavy atom. The second-order valence-corrected chi connectivity index (χ2v) is 7.37. The minimum atomic E-state index is 0. The number of hydrogen-bond acceptors (Lipinski definition) is 3. The molecule has 1 amide bonds. The van der Waals surface area contributed by atoms with Crippen molar-refractivity contribution >= 4 is 45.6 Å². The second kappa shape index (κ2) is 10.0. The molecule has 2 rings (SSSR count). The van der Waals surface area contributed by atoms with Crippen molar-refractivity contribution in [2.24, 2.45) is 5.73 Å². The number of nitrogens with zero attached hydrogens (tertiary/aromatic N) is 1. The second-order valence-electron chi connectivity index (χ2n) is 4.83. The van der Waals surface area contributed by atoms with Gasteiger partial charge >= 0.3 is 0 Å². The molecular formula is C16H20BrClN2OS. The highest BCUT2D eigenvalue weighted by atomic mass is 79.9. The number of hydrogen-bond donors (Lipinski definition) is 1. The topological polar surface area (TPSA) is 46.3 Å². The van der Waals surface area contributed by atoms with Crippen molar-refractivity contribution in [3.05, 3.63) is 56.7 Å². The molecule has 120 valence electrons. The third kappa shape index (κ3) is 6.08. The molecule has 1 aromatic carbocycles. The van der Waals surface area contributed by atoms with E-state index in [-0.39, 0.29) is 18.3 Å². The molecule has 3 nitrogen and oxygen atoms in total. The quantitative estimate of drug-likeness (QED) is 0.763. The van der Waals surface area contributed by atoms with Crippen molar-refractivity contribution in [1.82, 2.24) is 4.90 Å². The van der Waals surface area contributed by atoms with E-state index in [1.54, 1.807) is 11.3 Å². The molecule has 22 heavy (non-hydrogen) atoms. The molecule has 2 N–H and O–H groups in total. The van der Waals surface area contributed by atoms with Crippen LogP contribution in [0.15, 0.2) is 46.3 Å². The summed E-state index contributed by atoms with van der Waals surface area (Å²) >= 11 is 5.04. The van der Waals surface area contributed by atoms with E-state index in [0.29, 0.717) is 26.1 Å². The molecule has 0 saturated heterocycles. The van der Waals surface area contributed by atoms with Gasteiger partial charge in [-0.25, -0.2) is 0 Å². The van der Waals surface area contributed by atoms with Gasteiger partial charge in [0, 0.05) is 18.0 Å². The van der Waals surface area contributed by atoms with E-state index in [1.165, 1.54) is 0 Å². The lowest BCUT2D eigenvalue weighted by atomic mass is 10.2. The number of rotatable bonds is 7. The summed E-state index contributed by atoms with van der Waals surface area (Å²) in [4.78, 5) is 15.5. The maximum atomic E-state index is 12.5. The summed E-state index contributed by atoms with van der Waals surface area (Å²) in [5.74, 6) is 0.154. The van der Waals surface area contributed by atoms with Crippen LogP contribution in [-0.2, 0) is 17.8 Å². The van der Waals surface area contributed by atoms with Crippen LogP contribution in [-0.4, -0.2) is 23.9 Å². The Labute approximate surface area is 150 Å². The molecule has 0 unspecified atom stereocenters. The molecule has 0 atom stereocenters. The fourth-order valence-corrected chi connectivity index (χ4v) is 3.56. The molecular weight excluding hydrogens is 384 g/mol. The van der Waals surface area contributed by atoms with Crippen molar-refractivity contribution in [1.29, 1.82) is 0 Å². The number of thiophene rings is 1. The van der Waals surface area contributed by atoms with Gasteiger partial charge in [-0.05, 0) is 46.6 Å². The summed E-state index contributed by atoms with van der Waals surface area (Å²) in [6, 6.07) is 14.0. The normalized spacial score (nSPS) is 10.1. The Morgan fingerprint density at radius 2 is 1.91 bits per heavy atom. The first-order chi connectivity index (χ1) is 10.2. The van der Waals surface area contributed by atoms with Gasteiger partial charge in [-0.15, -0.1) is 23.7 Å². The van der Waals surface area contributed by atoms with Crippen molar-refractivity contribution in [2.75, 3.05) is 13.1 Å². The predicted molar refractivity (Wildman–Crippen MR) is 98.5 cm³/mol. The number of nitrogens with two attached hydrogens (primary N) is 1. The molecule has 0 spiro atoms. The minimum Gasteiger partial charge on any atom is -0.338 e. The molecule has 2 aromatic rings. The number of carbonyl (C=O) groups excluding carboxylic acids is 1. The molecule has 0 fully saturated rings. The highest BCUT2D eigenvalue weighted by molar-refractivity contribution is 9.11. The Morgan fingerprint density at radius 3 is 2.50 bits per heavy atom. The Hall–Kier alpha value is -0.880. The van der Waals surface area contributed by atoms with E-state index in [9.17, 15) is 4.79 Å². The van der Waals surface area contributed by atoms with Gasteiger partial charge in [0.05, 0.1) is 10.2 Å². The average molecular weight is 404 g/mol. The van der Waals surface area contributed by atoms with Crippen LogP contribution in [0.25, 0.3) is 0 Å². The molecule has 0 saturated carbocycles. The summed E-state index contributed by atoms with van der Waals surface area (Å²) in [6.45, 7) is 1.95.